The fourth-order valence-electron chi connectivity index (χ4n) is 2.62. The van der Waals surface area contributed by atoms with Crippen LogP contribution in [0.5, 0.6) is 5.75 Å². The Morgan fingerprint density at radius 1 is 1.16 bits per heavy atom. The lowest BCUT2D eigenvalue weighted by molar-refractivity contribution is -0.384. The summed E-state index contributed by atoms with van der Waals surface area (Å²) in [6.45, 7) is 0.701. The molecule has 8 nitrogen and oxygen atoms in total. The van der Waals surface area contributed by atoms with E-state index in [1.807, 2.05) is 0 Å². The predicted molar refractivity (Wildman–Crippen MR) is 113 cm³/mol. The lowest BCUT2D eigenvalue weighted by Crippen LogP contribution is -2.09. The van der Waals surface area contributed by atoms with E-state index in [1.54, 1.807) is 23.6 Å². The number of aromatic nitrogens is 1. The van der Waals surface area contributed by atoms with Crippen LogP contribution >= 0.6 is 11.3 Å². The molecule has 3 aromatic rings. The van der Waals surface area contributed by atoms with Gasteiger partial charge in [-0.1, -0.05) is 12.1 Å². The van der Waals surface area contributed by atoms with Gasteiger partial charge in [0.1, 0.15) is 35.5 Å². The predicted octanol–water partition coefficient (Wildman–Crippen LogP) is 4.70. The molecule has 0 unspecified atom stereocenters. The van der Waals surface area contributed by atoms with Crippen molar-refractivity contribution >= 4 is 28.7 Å². The van der Waals surface area contributed by atoms with Crippen LogP contribution in [-0.2, 0) is 22.7 Å². The zero-order chi connectivity index (χ0) is 22.1. The average molecular weight is 445 g/mol. The maximum Gasteiger partial charge on any atom is 0.306 e. The summed E-state index contributed by atoms with van der Waals surface area (Å²) in [5.74, 6) is -0.164. The van der Waals surface area contributed by atoms with Crippen LogP contribution in [0.25, 0.3) is 0 Å². The molecule has 31 heavy (non-hydrogen) atoms. The van der Waals surface area contributed by atoms with E-state index in [0.717, 1.165) is 0 Å². The van der Waals surface area contributed by atoms with E-state index < -0.39 is 4.92 Å². The number of nitro groups is 1. The summed E-state index contributed by atoms with van der Waals surface area (Å²) in [6.07, 6.45) is 0.650. The first-order chi connectivity index (χ1) is 15.0. The fraction of sp³-hybridized carbons (Fsp3) is 0.238. The Kier molecular flexibility index (Phi) is 7.88. The molecule has 1 aromatic heterocycles. The normalized spacial score (nSPS) is 10.5. The zero-order valence-corrected chi connectivity index (χ0v) is 17.3. The van der Waals surface area contributed by atoms with Crippen LogP contribution in [-0.4, -0.2) is 22.4 Å². The highest BCUT2D eigenvalue weighted by molar-refractivity contribution is 7.09. The Morgan fingerprint density at radius 3 is 2.71 bits per heavy atom. The van der Waals surface area contributed by atoms with Crippen molar-refractivity contribution in [3.8, 4) is 5.75 Å². The molecule has 0 saturated carbocycles. The molecule has 0 spiro atoms. The molecule has 0 atom stereocenters. The number of hydrogen-bond donors (Lipinski definition) is 1. The highest BCUT2D eigenvalue weighted by atomic mass is 32.1. The molecule has 0 bridgehead atoms. The minimum absolute atomic E-state index is 0.00665. The Labute approximate surface area is 181 Å². The zero-order valence-electron chi connectivity index (χ0n) is 16.5. The van der Waals surface area contributed by atoms with Crippen molar-refractivity contribution in [2.75, 3.05) is 11.9 Å². The summed E-state index contributed by atoms with van der Waals surface area (Å²) in [6, 6.07) is 12.1. The topological polar surface area (TPSA) is 104 Å². The smallest absolute Gasteiger partial charge is 0.306 e. The van der Waals surface area contributed by atoms with Crippen LogP contribution < -0.4 is 10.1 Å². The number of nitro benzene ring substituents is 1. The van der Waals surface area contributed by atoms with Gasteiger partial charge in [-0.05, 0) is 36.8 Å². The van der Waals surface area contributed by atoms with Crippen molar-refractivity contribution < 1.29 is 23.6 Å². The standard InChI is InChI=1S/C21H20FN3O5S/c22-15-7-9-17(10-8-15)29-13-20-24-16(14-31-20)12-30-21(26)6-3-11-23-18-4-1-2-5-19(18)25(27)28/h1-2,4-5,7-10,14,23H,3,6,11-13H2. The second kappa shape index (κ2) is 11.0. The summed E-state index contributed by atoms with van der Waals surface area (Å²) in [4.78, 5) is 26.8. The number of esters is 1. The quantitative estimate of drug-likeness (QED) is 0.197. The van der Waals surface area contributed by atoms with Gasteiger partial charge in [-0.2, -0.15) is 0 Å². The van der Waals surface area contributed by atoms with Crippen molar-refractivity contribution in [1.82, 2.24) is 4.98 Å². The maximum absolute atomic E-state index is 12.9. The fourth-order valence-corrected chi connectivity index (χ4v) is 3.31. The molecule has 3 rings (SSSR count). The molecular weight excluding hydrogens is 425 g/mol. The van der Waals surface area contributed by atoms with E-state index in [4.69, 9.17) is 9.47 Å². The summed E-state index contributed by atoms with van der Waals surface area (Å²) >= 11 is 1.38. The second-order valence-corrected chi connectivity index (χ2v) is 7.38. The monoisotopic (exact) mass is 445 g/mol. The number of rotatable bonds is 11. The van der Waals surface area contributed by atoms with Crippen molar-refractivity contribution in [3.63, 3.8) is 0 Å². The number of hydrogen-bond acceptors (Lipinski definition) is 8. The van der Waals surface area contributed by atoms with E-state index in [2.05, 4.69) is 10.3 Å². The van der Waals surface area contributed by atoms with Crippen molar-refractivity contribution in [2.24, 2.45) is 0 Å². The average Bonchev–Trinajstić information content (AvgIpc) is 3.23. The number of nitrogens with zero attached hydrogens (tertiary/aromatic N) is 2. The van der Waals surface area contributed by atoms with Crippen LogP contribution in [0.15, 0.2) is 53.9 Å². The molecule has 0 aliphatic carbocycles. The molecule has 0 saturated heterocycles. The van der Waals surface area contributed by atoms with E-state index in [0.29, 0.717) is 35.1 Å². The lowest BCUT2D eigenvalue weighted by atomic mass is 10.2. The van der Waals surface area contributed by atoms with Gasteiger partial charge < -0.3 is 14.8 Å². The van der Waals surface area contributed by atoms with Crippen molar-refractivity contribution in [2.45, 2.75) is 26.1 Å². The number of thiazole rings is 1. The molecule has 1 heterocycles. The van der Waals surface area contributed by atoms with Crippen LogP contribution in [0, 0.1) is 15.9 Å². The Morgan fingerprint density at radius 2 is 1.94 bits per heavy atom. The van der Waals surface area contributed by atoms with Crippen LogP contribution in [0.4, 0.5) is 15.8 Å². The highest BCUT2D eigenvalue weighted by Crippen LogP contribution is 2.23. The van der Waals surface area contributed by atoms with E-state index >= 15 is 0 Å². The third-order valence-corrected chi connectivity index (χ3v) is 5.00. The van der Waals surface area contributed by atoms with Gasteiger partial charge >= 0.3 is 5.97 Å². The summed E-state index contributed by atoms with van der Waals surface area (Å²) in [7, 11) is 0. The van der Waals surface area contributed by atoms with Crippen LogP contribution in [0.2, 0.25) is 0 Å². The van der Waals surface area contributed by atoms with Gasteiger partial charge in [0.2, 0.25) is 0 Å². The molecule has 162 valence electrons. The number of carbonyl (C=O) groups excluding carboxylic acids is 1. The first-order valence-electron chi connectivity index (χ1n) is 9.46. The molecule has 2 aromatic carbocycles. The third kappa shape index (κ3) is 7.03. The summed E-state index contributed by atoms with van der Waals surface area (Å²) < 4.78 is 23.6. The first kappa shape index (κ1) is 22.2. The molecular formula is C21H20FN3O5S. The number of halogens is 1. The molecule has 0 radical (unpaired) electrons. The van der Waals surface area contributed by atoms with Crippen LogP contribution in [0.1, 0.15) is 23.5 Å². The number of anilines is 1. The summed E-state index contributed by atoms with van der Waals surface area (Å²) in [5.41, 5.74) is 1.03. The Balaban J connectivity index is 1.34. The van der Waals surface area contributed by atoms with Crippen molar-refractivity contribution in [1.29, 1.82) is 0 Å². The third-order valence-electron chi connectivity index (χ3n) is 4.13. The van der Waals surface area contributed by atoms with E-state index in [1.165, 1.54) is 41.7 Å². The van der Waals surface area contributed by atoms with Gasteiger partial charge in [0.25, 0.3) is 5.69 Å². The van der Waals surface area contributed by atoms with Crippen LogP contribution in [0.3, 0.4) is 0 Å². The van der Waals surface area contributed by atoms with Gasteiger partial charge in [0, 0.05) is 24.4 Å². The molecule has 0 fully saturated rings. The molecule has 0 aliphatic rings. The van der Waals surface area contributed by atoms with Gasteiger partial charge in [-0.25, -0.2) is 9.37 Å². The molecule has 0 aliphatic heterocycles. The Hall–Kier alpha value is -3.53. The number of para-hydroxylation sites is 2. The minimum atomic E-state index is -0.455. The number of nitrogens with one attached hydrogen (secondary N) is 1. The van der Waals surface area contributed by atoms with Crippen molar-refractivity contribution in [3.05, 3.63) is 80.5 Å². The van der Waals surface area contributed by atoms with E-state index in [-0.39, 0.29) is 37.1 Å². The Bertz CT molecular complexity index is 1030. The SMILES string of the molecule is O=C(CCCNc1ccccc1[N+](=O)[O-])OCc1csc(COc2ccc(F)cc2)n1. The largest absolute Gasteiger partial charge is 0.486 e. The van der Waals surface area contributed by atoms with Gasteiger partial charge in [-0.3, -0.25) is 14.9 Å². The van der Waals surface area contributed by atoms with Gasteiger partial charge in [0.05, 0.1) is 10.6 Å². The molecule has 10 heteroatoms. The van der Waals surface area contributed by atoms with Gasteiger partial charge in [0.15, 0.2) is 0 Å². The maximum atomic E-state index is 12.9. The number of benzene rings is 2. The first-order valence-corrected chi connectivity index (χ1v) is 10.3. The van der Waals surface area contributed by atoms with Gasteiger partial charge in [-0.15, -0.1) is 11.3 Å². The summed E-state index contributed by atoms with van der Waals surface area (Å²) in [5, 5.41) is 16.4. The highest BCUT2D eigenvalue weighted by Gasteiger charge is 2.12. The lowest BCUT2D eigenvalue weighted by Gasteiger charge is -2.07. The second-order valence-electron chi connectivity index (χ2n) is 6.44. The minimum Gasteiger partial charge on any atom is -0.486 e. The molecule has 0 amide bonds. The van der Waals surface area contributed by atoms with E-state index in [9.17, 15) is 19.3 Å². The molecule has 1 N–H and O–H groups in total. The number of carbonyl (C=O) groups is 1. The number of ether oxygens (including phenoxy) is 2.